The van der Waals surface area contributed by atoms with E-state index < -0.39 is 0 Å². The van der Waals surface area contributed by atoms with Crippen molar-refractivity contribution < 1.29 is 9.53 Å². The fraction of sp³-hybridized carbons (Fsp3) is 0.0714. The Bertz CT molecular complexity index is 500. The lowest BCUT2D eigenvalue weighted by Gasteiger charge is -1.98. The lowest BCUT2D eigenvalue weighted by atomic mass is 10.2. The van der Waals surface area contributed by atoms with Gasteiger partial charge in [0.1, 0.15) is 12.4 Å². The van der Waals surface area contributed by atoms with Crippen molar-refractivity contribution in [3.63, 3.8) is 0 Å². The Kier molecular flexibility index (Phi) is 4.11. The van der Waals surface area contributed by atoms with Gasteiger partial charge in [-0.05, 0) is 11.6 Å². The molecule has 86 valence electrons. The highest BCUT2D eigenvalue weighted by atomic mass is 32.1. The Balaban J connectivity index is 1.83. The SMILES string of the molecule is O=Cc1cc(OC/C=C/c2ccccc2)cs1. The number of hydrogen-bond acceptors (Lipinski definition) is 3. The molecule has 17 heavy (non-hydrogen) atoms. The molecule has 2 nitrogen and oxygen atoms in total. The lowest BCUT2D eigenvalue weighted by molar-refractivity contribution is 0.112. The molecule has 0 atom stereocenters. The van der Waals surface area contributed by atoms with E-state index in [2.05, 4.69) is 0 Å². The van der Waals surface area contributed by atoms with Crippen LogP contribution >= 0.6 is 11.3 Å². The molecule has 0 aliphatic carbocycles. The van der Waals surface area contributed by atoms with Crippen molar-refractivity contribution in [2.24, 2.45) is 0 Å². The average Bonchev–Trinajstić information content (AvgIpc) is 2.84. The zero-order chi connectivity index (χ0) is 11.9. The van der Waals surface area contributed by atoms with E-state index in [4.69, 9.17) is 4.74 Å². The van der Waals surface area contributed by atoms with E-state index in [0.29, 0.717) is 11.5 Å². The van der Waals surface area contributed by atoms with E-state index in [1.54, 1.807) is 6.07 Å². The van der Waals surface area contributed by atoms with Crippen LogP contribution < -0.4 is 4.74 Å². The molecule has 0 aliphatic rings. The van der Waals surface area contributed by atoms with Crippen molar-refractivity contribution in [1.29, 1.82) is 0 Å². The number of ether oxygens (including phenoxy) is 1. The van der Waals surface area contributed by atoms with Gasteiger partial charge < -0.3 is 4.74 Å². The van der Waals surface area contributed by atoms with Crippen molar-refractivity contribution in [3.8, 4) is 5.75 Å². The number of benzene rings is 1. The molecule has 0 saturated carbocycles. The minimum atomic E-state index is 0.504. The van der Waals surface area contributed by atoms with Gasteiger partial charge >= 0.3 is 0 Å². The normalized spacial score (nSPS) is 10.6. The summed E-state index contributed by atoms with van der Waals surface area (Å²) in [5, 5.41) is 1.83. The van der Waals surface area contributed by atoms with E-state index in [1.807, 2.05) is 47.9 Å². The van der Waals surface area contributed by atoms with Gasteiger partial charge in [0.05, 0.1) is 4.88 Å². The van der Waals surface area contributed by atoms with Crippen molar-refractivity contribution >= 4 is 23.7 Å². The summed E-state index contributed by atoms with van der Waals surface area (Å²) in [6.07, 6.45) is 4.79. The van der Waals surface area contributed by atoms with Gasteiger partial charge in [-0.15, -0.1) is 11.3 Å². The number of carbonyl (C=O) groups excluding carboxylic acids is 1. The van der Waals surface area contributed by atoms with E-state index in [1.165, 1.54) is 11.3 Å². The predicted octanol–water partition coefficient (Wildman–Crippen LogP) is 3.65. The van der Waals surface area contributed by atoms with Gasteiger partial charge in [0.15, 0.2) is 6.29 Å². The van der Waals surface area contributed by atoms with Gasteiger partial charge in [-0.25, -0.2) is 0 Å². The first kappa shape index (κ1) is 11.6. The van der Waals surface area contributed by atoms with Crippen LogP contribution in [0.5, 0.6) is 5.75 Å². The summed E-state index contributed by atoms with van der Waals surface area (Å²) in [4.78, 5) is 11.2. The molecular weight excluding hydrogens is 232 g/mol. The molecular formula is C14H12O2S. The van der Waals surface area contributed by atoms with E-state index in [0.717, 1.165) is 17.6 Å². The third kappa shape index (κ3) is 3.57. The zero-order valence-electron chi connectivity index (χ0n) is 9.21. The van der Waals surface area contributed by atoms with Crippen LogP contribution in [0.4, 0.5) is 0 Å². The van der Waals surface area contributed by atoms with Gasteiger partial charge in [0.2, 0.25) is 0 Å². The molecule has 0 unspecified atom stereocenters. The predicted molar refractivity (Wildman–Crippen MR) is 70.7 cm³/mol. The van der Waals surface area contributed by atoms with Crippen molar-refractivity contribution in [1.82, 2.24) is 0 Å². The molecule has 0 radical (unpaired) electrons. The zero-order valence-corrected chi connectivity index (χ0v) is 10.0. The molecule has 2 aromatic rings. The van der Waals surface area contributed by atoms with Crippen LogP contribution in [-0.2, 0) is 0 Å². The van der Waals surface area contributed by atoms with Gasteiger partial charge in [-0.1, -0.05) is 36.4 Å². The van der Waals surface area contributed by atoms with Crippen molar-refractivity contribution in [2.45, 2.75) is 0 Å². The summed E-state index contributed by atoms with van der Waals surface area (Å²) >= 11 is 1.39. The van der Waals surface area contributed by atoms with Crippen LogP contribution in [0.15, 0.2) is 47.9 Å². The fourth-order valence-corrected chi connectivity index (χ4v) is 1.99. The van der Waals surface area contributed by atoms with Crippen LogP contribution in [0.2, 0.25) is 0 Å². The largest absolute Gasteiger partial charge is 0.489 e. The third-order valence-corrected chi connectivity index (χ3v) is 3.00. The highest BCUT2D eigenvalue weighted by Gasteiger charge is 1.97. The highest BCUT2D eigenvalue weighted by Crippen LogP contribution is 2.19. The van der Waals surface area contributed by atoms with Crippen LogP contribution in [0, 0.1) is 0 Å². The molecule has 0 fully saturated rings. The van der Waals surface area contributed by atoms with Crippen LogP contribution in [0.1, 0.15) is 15.2 Å². The molecule has 0 N–H and O–H groups in total. The molecule has 0 bridgehead atoms. The number of rotatable bonds is 5. The monoisotopic (exact) mass is 244 g/mol. The van der Waals surface area contributed by atoms with Crippen LogP contribution in [-0.4, -0.2) is 12.9 Å². The van der Waals surface area contributed by atoms with Gasteiger partial charge in [-0.3, -0.25) is 4.79 Å². The minimum absolute atomic E-state index is 0.504. The second-order valence-corrected chi connectivity index (χ2v) is 4.37. The first-order chi connectivity index (χ1) is 8.38. The minimum Gasteiger partial charge on any atom is -0.489 e. The van der Waals surface area contributed by atoms with Crippen molar-refractivity contribution in [2.75, 3.05) is 6.61 Å². The molecule has 0 saturated heterocycles. The maximum atomic E-state index is 10.5. The molecule has 3 heteroatoms. The maximum Gasteiger partial charge on any atom is 0.160 e. The number of thiophene rings is 1. The third-order valence-electron chi connectivity index (χ3n) is 2.17. The summed E-state index contributed by atoms with van der Waals surface area (Å²) < 4.78 is 5.47. The van der Waals surface area contributed by atoms with E-state index >= 15 is 0 Å². The Labute approximate surface area is 104 Å². The number of hydrogen-bond donors (Lipinski definition) is 0. The maximum absolute atomic E-state index is 10.5. The van der Waals surface area contributed by atoms with Gasteiger partial charge in [0.25, 0.3) is 0 Å². The Hall–Kier alpha value is -1.87. The second kappa shape index (κ2) is 6.01. The first-order valence-electron chi connectivity index (χ1n) is 5.26. The van der Waals surface area contributed by atoms with Crippen LogP contribution in [0.25, 0.3) is 6.08 Å². The summed E-state index contributed by atoms with van der Waals surface area (Å²) in [5.41, 5.74) is 1.15. The summed E-state index contributed by atoms with van der Waals surface area (Å²) in [7, 11) is 0. The summed E-state index contributed by atoms with van der Waals surface area (Å²) in [6, 6.07) is 11.8. The topological polar surface area (TPSA) is 26.3 Å². The van der Waals surface area contributed by atoms with Gasteiger partial charge in [0, 0.05) is 11.4 Å². The first-order valence-corrected chi connectivity index (χ1v) is 6.14. The standard InChI is InChI=1S/C14H12O2S/c15-10-14-9-13(11-17-14)16-8-4-7-12-5-2-1-3-6-12/h1-7,9-11H,8H2/b7-4+. The van der Waals surface area contributed by atoms with E-state index in [9.17, 15) is 4.79 Å². The molecule has 2 rings (SSSR count). The molecule has 0 spiro atoms. The van der Waals surface area contributed by atoms with E-state index in [-0.39, 0.29) is 0 Å². The lowest BCUT2D eigenvalue weighted by Crippen LogP contribution is -1.91. The average molecular weight is 244 g/mol. The second-order valence-electron chi connectivity index (χ2n) is 3.43. The molecule has 1 aromatic carbocycles. The molecule has 1 heterocycles. The number of aldehydes is 1. The quantitative estimate of drug-likeness (QED) is 0.750. The smallest absolute Gasteiger partial charge is 0.160 e. The number of carbonyl (C=O) groups is 1. The molecule has 0 aliphatic heterocycles. The molecule has 1 aromatic heterocycles. The Morgan fingerprint density at radius 3 is 2.76 bits per heavy atom. The Morgan fingerprint density at radius 2 is 2.06 bits per heavy atom. The summed E-state index contributed by atoms with van der Waals surface area (Å²) in [5.74, 6) is 0.745. The van der Waals surface area contributed by atoms with Gasteiger partial charge in [-0.2, -0.15) is 0 Å². The van der Waals surface area contributed by atoms with Crippen molar-refractivity contribution in [3.05, 3.63) is 58.3 Å². The molecule has 0 amide bonds. The Morgan fingerprint density at radius 1 is 1.24 bits per heavy atom. The highest BCUT2D eigenvalue weighted by molar-refractivity contribution is 7.11. The fourth-order valence-electron chi connectivity index (χ4n) is 1.36. The summed E-state index contributed by atoms with van der Waals surface area (Å²) in [6.45, 7) is 0.504. The van der Waals surface area contributed by atoms with Crippen LogP contribution in [0.3, 0.4) is 0 Å².